The van der Waals surface area contributed by atoms with Crippen LogP contribution in [-0.2, 0) is 13.1 Å². The fourth-order valence-electron chi connectivity index (χ4n) is 1.48. The molecule has 2 rings (SSSR count). The van der Waals surface area contributed by atoms with E-state index in [1.165, 1.54) is 5.56 Å². The van der Waals surface area contributed by atoms with Gasteiger partial charge in [0.25, 0.3) is 0 Å². The van der Waals surface area contributed by atoms with Gasteiger partial charge in [0.05, 0.1) is 12.8 Å². The average molecular weight is 165 g/mol. The first-order valence-corrected chi connectivity index (χ1v) is 3.92. The molecule has 1 aromatic rings. The van der Waals surface area contributed by atoms with Crippen LogP contribution in [0.5, 0.6) is 5.88 Å². The lowest BCUT2D eigenvalue weighted by Gasteiger charge is -2.04. The predicted octanol–water partition coefficient (Wildman–Crippen LogP) is 0.397. The maximum absolute atomic E-state index is 5.10. The van der Waals surface area contributed by atoms with Crippen molar-refractivity contribution >= 4 is 0 Å². The van der Waals surface area contributed by atoms with Crippen LogP contribution >= 0.6 is 0 Å². The number of methoxy groups -OCH3 is 1. The first-order chi connectivity index (χ1) is 5.83. The van der Waals surface area contributed by atoms with E-state index < -0.39 is 0 Å². The Balaban J connectivity index is 2.57. The predicted molar refractivity (Wildman–Crippen MR) is 43.9 cm³/mol. The highest BCUT2D eigenvalue weighted by Gasteiger charge is 2.18. The number of hydrogen-bond donors (Lipinski definition) is 1. The Morgan fingerprint density at radius 2 is 2.00 bits per heavy atom. The zero-order valence-electron chi connectivity index (χ0n) is 7.22. The van der Waals surface area contributed by atoms with Crippen molar-refractivity contribution in [1.29, 1.82) is 0 Å². The molecule has 64 valence electrons. The minimum Gasteiger partial charge on any atom is -0.480 e. The molecule has 12 heavy (non-hydrogen) atoms. The van der Waals surface area contributed by atoms with Gasteiger partial charge in [0.1, 0.15) is 0 Å². The Labute approximate surface area is 71.0 Å². The molecule has 0 spiro atoms. The lowest BCUT2D eigenvalue weighted by Crippen LogP contribution is -2.00. The first-order valence-electron chi connectivity index (χ1n) is 3.92. The second kappa shape index (κ2) is 2.71. The molecule has 0 bridgehead atoms. The number of ether oxygens (including phenoxy) is 1. The van der Waals surface area contributed by atoms with E-state index >= 15 is 0 Å². The molecule has 0 amide bonds. The molecule has 1 N–H and O–H groups in total. The summed E-state index contributed by atoms with van der Waals surface area (Å²) in [4.78, 5) is 0. The number of aryl methyl sites for hydroxylation is 1. The molecule has 0 atom stereocenters. The highest BCUT2D eigenvalue weighted by molar-refractivity contribution is 5.38. The first kappa shape index (κ1) is 7.49. The van der Waals surface area contributed by atoms with Crippen molar-refractivity contribution in [3.8, 4) is 5.88 Å². The topological polar surface area (TPSA) is 47.0 Å². The smallest absolute Gasteiger partial charge is 0.238 e. The van der Waals surface area contributed by atoms with Crippen LogP contribution in [0, 0.1) is 6.92 Å². The van der Waals surface area contributed by atoms with Crippen LogP contribution in [0.2, 0.25) is 0 Å². The zero-order chi connectivity index (χ0) is 8.55. The molecular weight excluding hydrogens is 154 g/mol. The van der Waals surface area contributed by atoms with Gasteiger partial charge in [-0.25, -0.2) is 0 Å². The molecule has 0 aromatic carbocycles. The molecule has 1 aliphatic heterocycles. The summed E-state index contributed by atoms with van der Waals surface area (Å²) in [6.45, 7) is 3.69. The van der Waals surface area contributed by atoms with Gasteiger partial charge in [0, 0.05) is 18.7 Å². The molecular formula is C8H11N3O. The van der Waals surface area contributed by atoms with Crippen molar-refractivity contribution < 1.29 is 4.74 Å². The Bertz CT molecular complexity index is 311. The fourth-order valence-corrected chi connectivity index (χ4v) is 1.48. The minimum atomic E-state index is 0.653. The van der Waals surface area contributed by atoms with Gasteiger partial charge < -0.3 is 10.1 Å². The van der Waals surface area contributed by atoms with Crippen LogP contribution in [0.3, 0.4) is 0 Å². The molecule has 4 nitrogen and oxygen atoms in total. The lowest BCUT2D eigenvalue weighted by molar-refractivity contribution is 0.386. The molecule has 1 aromatic heterocycles. The molecule has 0 aliphatic carbocycles. The number of nitrogens with one attached hydrogen (secondary N) is 1. The summed E-state index contributed by atoms with van der Waals surface area (Å²) < 4.78 is 5.10. The van der Waals surface area contributed by atoms with Gasteiger partial charge in [0.2, 0.25) is 5.88 Å². The highest BCUT2D eigenvalue weighted by atomic mass is 16.5. The standard InChI is InChI=1S/C8H11N3O/c1-5-6-3-9-4-7(6)8(12-2)11-10-5/h9H,3-4H2,1-2H3. The Morgan fingerprint density at radius 3 is 2.75 bits per heavy atom. The minimum absolute atomic E-state index is 0.653. The molecule has 2 heterocycles. The van der Waals surface area contributed by atoms with Crippen LogP contribution in [0.4, 0.5) is 0 Å². The van der Waals surface area contributed by atoms with E-state index in [9.17, 15) is 0 Å². The molecule has 4 heteroatoms. The summed E-state index contributed by atoms with van der Waals surface area (Å²) >= 11 is 0. The van der Waals surface area contributed by atoms with Crippen molar-refractivity contribution in [3.63, 3.8) is 0 Å². The largest absolute Gasteiger partial charge is 0.480 e. The van der Waals surface area contributed by atoms with Crippen LogP contribution in [0.15, 0.2) is 0 Å². The van der Waals surface area contributed by atoms with Gasteiger partial charge in [-0.15, -0.1) is 5.10 Å². The van der Waals surface area contributed by atoms with Crippen molar-refractivity contribution in [3.05, 3.63) is 16.8 Å². The summed E-state index contributed by atoms with van der Waals surface area (Å²) in [7, 11) is 1.62. The van der Waals surface area contributed by atoms with Crippen LogP contribution in [0.25, 0.3) is 0 Å². The number of aromatic nitrogens is 2. The van der Waals surface area contributed by atoms with Crippen molar-refractivity contribution in [1.82, 2.24) is 15.5 Å². The molecule has 0 unspecified atom stereocenters. The van der Waals surface area contributed by atoms with Crippen molar-refractivity contribution in [2.45, 2.75) is 20.0 Å². The highest BCUT2D eigenvalue weighted by Crippen LogP contribution is 2.24. The van der Waals surface area contributed by atoms with Gasteiger partial charge in [-0.3, -0.25) is 0 Å². The van der Waals surface area contributed by atoms with Gasteiger partial charge >= 0.3 is 0 Å². The molecule has 0 fully saturated rings. The third-order valence-corrected chi connectivity index (χ3v) is 2.15. The van der Waals surface area contributed by atoms with Gasteiger partial charge in [-0.05, 0) is 12.5 Å². The van der Waals surface area contributed by atoms with Crippen LogP contribution < -0.4 is 10.1 Å². The lowest BCUT2D eigenvalue weighted by atomic mass is 10.1. The van der Waals surface area contributed by atoms with Crippen LogP contribution in [0.1, 0.15) is 16.8 Å². The Morgan fingerprint density at radius 1 is 1.25 bits per heavy atom. The second-order valence-corrected chi connectivity index (χ2v) is 2.86. The second-order valence-electron chi connectivity index (χ2n) is 2.86. The number of rotatable bonds is 1. The van der Waals surface area contributed by atoms with Crippen LogP contribution in [-0.4, -0.2) is 17.3 Å². The van der Waals surface area contributed by atoms with Gasteiger partial charge in [-0.1, -0.05) is 0 Å². The third kappa shape index (κ3) is 0.956. The van der Waals surface area contributed by atoms with Gasteiger partial charge in [0.15, 0.2) is 0 Å². The quantitative estimate of drug-likeness (QED) is 0.654. The molecule has 0 saturated heterocycles. The van der Waals surface area contributed by atoms with Crippen molar-refractivity contribution in [2.75, 3.05) is 7.11 Å². The molecule has 0 saturated carbocycles. The number of fused-ring (bicyclic) bond motifs is 1. The van der Waals surface area contributed by atoms with E-state index in [2.05, 4.69) is 15.5 Å². The fraction of sp³-hybridized carbons (Fsp3) is 0.500. The van der Waals surface area contributed by atoms with E-state index in [1.54, 1.807) is 7.11 Å². The number of nitrogens with zero attached hydrogens (tertiary/aromatic N) is 2. The van der Waals surface area contributed by atoms with E-state index in [0.717, 1.165) is 24.3 Å². The zero-order valence-corrected chi connectivity index (χ0v) is 7.22. The Kier molecular flexibility index (Phi) is 1.69. The summed E-state index contributed by atoms with van der Waals surface area (Å²) in [5.41, 5.74) is 3.39. The monoisotopic (exact) mass is 165 g/mol. The van der Waals surface area contributed by atoms with Crippen molar-refractivity contribution in [2.24, 2.45) is 0 Å². The Hall–Kier alpha value is -1.16. The van der Waals surface area contributed by atoms with Gasteiger partial charge in [-0.2, -0.15) is 5.10 Å². The van der Waals surface area contributed by atoms with E-state index in [4.69, 9.17) is 4.74 Å². The van der Waals surface area contributed by atoms with E-state index in [0.29, 0.717) is 5.88 Å². The third-order valence-electron chi connectivity index (χ3n) is 2.15. The summed E-state index contributed by atoms with van der Waals surface area (Å²) in [5, 5.41) is 11.2. The maximum atomic E-state index is 5.10. The summed E-state index contributed by atoms with van der Waals surface area (Å²) in [5.74, 6) is 0.653. The maximum Gasteiger partial charge on any atom is 0.238 e. The number of hydrogen-bond acceptors (Lipinski definition) is 4. The SMILES string of the molecule is COc1nnc(C)c2c1CNC2. The van der Waals surface area contributed by atoms with E-state index in [-0.39, 0.29) is 0 Å². The summed E-state index contributed by atoms with van der Waals surface area (Å²) in [6.07, 6.45) is 0. The molecule has 1 aliphatic rings. The normalized spacial score (nSPS) is 14.5. The van der Waals surface area contributed by atoms with E-state index in [1.807, 2.05) is 6.92 Å². The molecule has 0 radical (unpaired) electrons. The average Bonchev–Trinajstić information content (AvgIpc) is 2.54. The summed E-state index contributed by atoms with van der Waals surface area (Å²) in [6, 6.07) is 0.